The first-order chi connectivity index (χ1) is 6.51. The molecule has 0 aromatic heterocycles. The lowest BCUT2D eigenvalue weighted by molar-refractivity contribution is -0.123. The molecule has 0 aliphatic rings. The van der Waals surface area contributed by atoms with Gasteiger partial charge in [0.2, 0.25) is 0 Å². The molecule has 6 heteroatoms. The van der Waals surface area contributed by atoms with Crippen LogP contribution in [0.25, 0.3) is 0 Å². The summed E-state index contributed by atoms with van der Waals surface area (Å²) < 4.78 is 35.4. The van der Waals surface area contributed by atoms with Gasteiger partial charge in [-0.1, -0.05) is 20.8 Å². The molecule has 0 aliphatic carbocycles. The summed E-state index contributed by atoms with van der Waals surface area (Å²) in [5, 5.41) is 1.81. The maximum absolute atomic E-state index is 11.8. The van der Waals surface area contributed by atoms with Crippen LogP contribution >= 0.6 is 0 Å². The fourth-order valence-corrected chi connectivity index (χ4v) is 1.09. The van der Waals surface area contributed by atoms with Crippen molar-refractivity contribution in [3.05, 3.63) is 0 Å². The molecule has 0 fully saturated rings. The molecule has 90 valence electrons. The van der Waals surface area contributed by atoms with Gasteiger partial charge in [0.1, 0.15) is 6.54 Å². The summed E-state index contributed by atoms with van der Waals surface area (Å²) >= 11 is 0. The van der Waals surface area contributed by atoms with E-state index in [1.165, 1.54) is 11.9 Å². The van der Waals surface area contributed by atoms with Crippen molar-refractivity contribution in [2.75, 3.05) is 20.1 Å². The van der Waals surface area contributed by atoms with Gasteiger partial charge in [0.15, 0.2) is 0 Å². The maximum atomic E-state index is 11.8. The summed E-state index contributed by atoms with van der Waals surface area (Å²) in [5.41, 5.74) is -0.135. The summed E-state index contributed by atoms with van der Waals surface area (Å²) in [7, 11) is 1.47. The van der Waals surface area contributed by atoms with Gasteiger partial charge in [-0.3, -0.25) is 0 Å². The molecule has 0 rings (SSSR count). The number of nitrogens with zero attached hydrogens (tertiary/aromatic N) is 1. The highest BCUT2D eigenvalue weighted by atomic mass is 19.4. The van der Waals surface area contributed by atoms with Crippen LogP contribution in [0.1, 0.15) is 20.8 Å². The lowest BCUT2D eigenvalue weighted by Crippen LogP contribution is -2.44. The van der Waals surface area contributed by atoms with Crippen molar-refractivity contribution in [3.63, 3.8) is 0 Å². The van der Waals surface area contributed by atoms with E-state index < -0.39 is 18.8 Å². The summed E-state index contributed by atoms with van der Waals surface area (Å²) in [6.45, 7) is 4.82. The van der Waals surface area contributed by atoms with E-state index in [9.17, 15) is 18.0 Å². The second-order valence-corrected chi connectivity index (χ2v) is 4.69. The predicted octanol–water partition coefficient (Wildman–Crippen LogP) is 2.24. The fourth-order valence-electron chi connectivity index (χ4n) is 1.09. The standard InChI is InChI=1S/C9H17F3N2O/c1-8(2,3)6-14(4)7(15)13-5-9(10,11)12/h5-6H2,1-4H3,(H,13,15). The van der Waals surface area contributed by atoms with E-state index in [1.54, 1.807) is 5.32 Å². The maximum Gasteiger partial charge on any atom is 0.405 e. The molecule has 0 unspecified atom stereocenters. The largest absolute Gasteiger partial charge is 0.405 e. The third-order valence-electron chi connectivity index (χ3n) is 1.50. The number of amides is 2. The Morgan fingerprint density at radius 1 is 1.27 bits per heavy atom. The Balaban J connectivity index is 4.01. The molecule has 15 heavy (non-hydrogen) atoms. The van der Waals surface area contributed by atoms with Crippen LogP contribution in [0, 0.1) is 5.41 Å². The van der Waals surface area contributed by atoms with Crippen molar-refractivity contribution >= 4 is 6.03 Å². The highest BCUT2D eigenvalue weighted by Crippen LogP contribution is 2.15. The third-order valence-corrected chi connectivity index (χ3v) is 1.50. The van der Waals surface area contributed by atoms with Gasteiger partial charge in [-0.2, -0.15) is 13.2 Å². The lowest BCUT2D eigenvalue weighted by Gasteiger charge is -2.26. The first kappa shape index (κ1) is 14.1. The molecule has 0 saturated heterocycles. The number of hydrogen-bond donors (Lipinski definition) is 1. The summed E-state index contributed by atoms with van der Waals surface area (Å²) in [5.74, 6) is 0. The average Bonchev–Trinajstić information content (AvgIpc) is 1.95. The van der Waals surface area contributed by atoms with E-state index in [4.69, 9.17) is 0 Å². The Morgan fingerprint density at radius 3 is 2.07 bits per heavy atom. The number of rotatable bonds is 2. The number of halogens is 3. The number of nitrogens with one attached hydrogen (secondary N) is 1. The Hall–Kier alpha value is -0.940. The van der Waals surface area contributed by atoms with Crippen molar-refractivity contribution in [1.82, 2.24) is 10.2 Å². The molecular formula is C9H17F3N2O. The molecule has 0 bridgehead atoms. The van der Waals surface area contributed by atoms with Crippen LogP contribution in [0.5, 0.6) is 0 Å². The normalized spacial score (nSPS) is 12.5. The minimum absolute atomic E-state index is 0.135. The van der Waals surface area contributed by atoms with E-state index in [1.807, 2.05) is 20.8 Å². The van der Waals surface area contributed by atoms with Gasteiger partial charge in [0.25, 0.3) is 0 Å². The monoisotopic (exact) mass is 226 g/mol. The Labute approximate surface area is 87.6 Å². The van der Waals surface area contributed by atoms with Gasteiger partial charge in [-0.15, -0.1) is 0 Å². The smallest absolute Gasteiger partial charge is 0.329 e. The minimum atomic E-state index is -4.36. The predicted molar refractivity (Wildman–Crippen MR) is 51.5 cm³/mol. The Kier molecular flexibility index (Phi) is 4.42. The molecule has 0 saturated carbocycles. The molecule has 0 aliphatic heterocycles. The fraction of sp³-hybridized carbons (Fsp3) is 0.889. The molecule has 0 aromatic carbocycles. The summed E-state index contributed by atoms with van der Waals surface area (Å²) in [6.07, 6.45) is -4.36. The van der Waals surface area contributed by atoms with E-state index >= 15 is 0 Å². The Bertz CT molecular complexity index is 220. The Morgan fingerprint density at radius 2 is 1.73 bits per heavy atom. The van der Waals surface area contributed by atoms with E-state index in [0.29, 0.717) is 6.54 Å². The third kappa shape index (κ3) is 8.08. The highest BCUT2D eigenvalue weighted by molar-refractivity contribution is 5.73. The average molecular weight is 226 g/mol. The van der Waals surface area contributed by atoms with Crippen LogP contribution in [-0.4, -0.2) is 37.2 Å². The molecule has 3 nitrogen and oxygen atoms in total. The molecule has 0 atom stereocenters. The summed E-state index contributed by atoms with van der Waals surface area (Å²) in [4.78, 5) is 12.4. The van der Waals surface area contributed by atoms with Gasteiger partial charge in [-0.05, 0) is 5.41 Å². The van der Waals surface area contributed by atoms with Gasteiger partial charge in [-0.25, -0.2) is 4.79 Å². The number of urea groups is 1. The van der Waals surface area contributed by atoms with Crippen LogP contribution in [0.4, 0.5) is 18.0 Å². The molecular weight excluding hydrogens is 209 g/mol. The topological polar surface area (TPSA) is 32.3 Å². The summed E-state index contributed by atoms with van der Waals surface area (Å²) in [6, 6.07) is -0.706. The van der Waals surface area contributed by atoms with Gasteiger partial charge < -0.3 is 10.2 Å². The van der Waals surface area contributed by atoms with Crippen LogP contribution in [-0.2, 0) is 0 Å². The van der Waals surface area contributed by atoms with Crippen molar-refractivity contribution in [3.8, 4) is 0 Å². The highest BCUT2D eigenvalue weighted by Gasteiger charge is 2.28. The molecule has 2 amide bonds. The zero-order chi connectivity index (χ0) is 12.3. The van der Waals surface area contributed by atoms with Gasteiger partial charge in [0, 0.05) is 13.6 Å². The molecule has 0 heterocycles. The first-order valence-corrected chi connectivity index (χ1v) is 4.57. The van der Waals surface area contributed by atoms with Gasteiger partial charge >= 0.3 is 12.2 Å². The van der Waals surface area contributed by atoms with Crippen molar-refractivity contribution in [2.45, 2.75) is 26.9 Å². The quantitative estimate of drug-likeness (QED) is 0.769. The number of alkyl halides is 3. The number of carbonyl (C=O) groups is 1. The molecule has 0 spiro atoms. The zero-order valence-electron chi connectivity index (χ0n) is 9.40. The molecule has 0 radical (unpaired) electrons. The SMILES string of the molecule is CN(CC(C)(C)C)C(=O)NCC(F)(F)F. The number of carbonyl (C=O) groups excluding carboxylic acids is 1. The molecule has 1 N–H and O–H groups in total. The number of hydrogen-bond acceptors (Lipinski definition) is 1. The van der Waals surface area contributed by atoms with Crippen LogP contribution in [0.15, 0.2) is 0 Å². The molecule has 0 aromatic rings. The zero-order valence-corrected chi connectivity index (χ0v) is 9.40. The van der Waals surface area contributed by atoms with Crippen molar-refractivity contribution in [1.29, 1.82) is 0 Å². The second kappa shape index (κ2) is 4.72. The van der Waals surface area contributed by atoms with E-state index in [2.05, 4.69) is 0 Å². The first-order valence-electron chi connectivity index (χ1n) is 4.57. The second-order valence-electron chi connectivity index (χ2n) is 4.69. The van der Waals surface area contributed by atoms with E-state index in [-0.39, 0.29) is 5.41 Å². The van der Waals surface area contributed by atoms with Crippen LogP contribution < -0.4 is 5.32 Å². The lowest BCUT2D eigenvalue weighted by atomic mass is 9.96. The minimum Gasteiger partial charge on any atom is -0.329 e. The van der Waals surface area contributed by atoms with Crippen molar-refractivity contribution < 1.29 is 18.0 Å². The van der Waals surface area contributed by atoms with Crippen LogP contribution in [0.3, 0.4) is 0 Å². The van der Waals surface area contributed by atoms with E-state index in [0.717, 1.165) is 0 Å². The van der Waals surface area contributed by atoms with Crippen LogP contribution in [0.2, 0.25) is 0 Å². The van der Waals surface area contributed by atoms with Gasteiger partial charge in [0.05, 0.1) is 0 Å². The van der Waals surface area contributed by atoms with Crippen molar-refractivity contribution in [2.24, 2.45) is 5.41 Å².